The Balaban J connectivity index is 1.83. The Morgan fingerprint density at radius 3 is 2.18 bits per heavy atom. The normalized spacial score (nSPS) is 14.4. The van der Waals surface area contributed by atoms with Crippen LogP contribution in [0.25, 0.3) is 0 Å². The number of rotatable bonds is 6. The van der Waals surface area contributed by atoms with Crippen LogP contribution in [0.5, 0.6) is 0 Å². The summed E-state index contributed by atoms with van der Waals surface area (Å²) in [5.74, 6) is 0. The molecule has 0 unspecified atom stereocenters. The lowest BCUT2D eigenvalue weighted by atomic mass is 10.2. The van der Waals surface area contributed by atoms with E-state index in [9.17, 15) is 5.11 Å². The number of fused-ring (bicyclic) bond motifs is 2. The van der Waals surface area contributed by atoms with E-state index in [4.69, 9.17) is 5.11 Å². The van der Waals surface area contributed by atoms with Gasteiger partial charge in [-0.3, -0.25) is 0 Å². The zero-order valence-corrected chi connectivity index (χ0v) is 13.2. The van der Waals surface area contributed by atoms with Gasteiger partial charge < -0.3 is 20.4 Å². The fraction of sp³-hybridized carbons (Fsp3) is 0.294. The molecule has 1 aliphatic rings. The number of nitrogens with two attached hydrogens (primary N) is 1. The highest BCUT2D eigenvalue weighted by Gasteiger charge is 2.24. The van der Waals surface area contributed by atoms with Crippen molar-refractivity contribution < 1.29 is 15.5 Å². The van der Waals surface area contributed by atoms with Crippen LogP contribution in [0.3, 0.4) is 0 Å². The summed E-state index contributed by atoms with van der Waals surface area (Å²) >= 11 is 1.77. The first-order chi connectivity index (χ1) is 10.8. The van der Waals surface area contributed by atoms with Crippen molar-refractivity contribution in [1.82, 2.24) is 0 Å². The minimum Gasteiger partial charge on any atom is -0.391 e. The lowest BCUT2D eigenvalue weighted by molar-refractivity contribution is -0.661. The van der Waals surface area contributed by atoms with E-state index in [2.05, 4.69) is 29.2 Å². The van der Waals surface area contributed by atoms with E-state index < -0.39 is 6.10 Å². The van der Waals surface area contributed by atoms with E-state index in [1.165, 1.54) is 9.79 Å². The van der Waals surface area contributed by atoms with Gasteiger partial charge >= 0.3 is 0 Å². The number of benzene rings is 2. The van der Waals surface area contributed by atoms with Gasteiger partial charge in [0.15, 0.2) is 0 Å². The average Bonchev–Trinajstić information content (AvgIpc) is 2.55. The quantitative estimate of drug-likeness (QED) is 0.701. The molecule has 0 bridgehead atoms. The van der Waals surface area contributed by atoms with Gasteiger partial charge in [0.1, 0.15) is 12.6 Å². The summed E-state index contributed by atoms with van der Waals surface area (Å²) in [6, 6.07) is 16.6. The average molecular weight is 317 g/mol. The molecule has 0 saturated heterocycles. The standard InChI is InChI=1S/C17H20N2O2S/c20-10-9-18-11-13(21)12-19-14-5-1-3-7-16(14)22-17-8-4-2-6-15(17)19/h1-8,13,18,20-21H,9-12H2/p+1/t13-/m1/s1. The molecule has 1 aliphatic heterocycles. The summed E-state index contributed by atoms with van der Waals surface area (Å²) in [6.45, 7) is 1.91. The van der Waals surface area contributed by atoms with Crippen LogP contribution in [-0.4, -0.2) is 42.6 Å². The van der Waals surface area contributed by atoms with Crippen molar-refractivity contribution in [1.29, 1.82) is 0 Å². The smallest absolute Gasteiger partial charge is 0.121 e. The maximum Gasteiger partial charge on any atom is 0.121 e. The van der Waals surface area contributed by atoms with E-state index in [1.54, 1.807) is 11.8 Å². The molecule has 0 aromatic heterocycles. The Morgan fingerprint density at radius 1 is 1.00 bits per heavy atom. The SMILES string of the molecule is OCC[NH2+]C[C@@H](O)CN1c2ccccc2Sc2ccccc21. The maximum absolute atomic E-state index is 10.3. The summed E-state index contributed by atoms with van der Waals surface area (Å²) in [6.07, 6.45) is -0.448. The number of hydrogen-bond acceptors (Lipinski definition) is 4. The van der Waals surface area contributed by atoms with Crippen LogP contribution in [0.2, 0.25) is 0 Å². The number of anilines is 2. The van der Waals surface area contributed by atoms with Gasteiger partial charge in [-0.2, -0.15) is 0 Å². The molecular formula is C17H21N2O2S+. The Kier molecular flexibility index (Phi) is 5.00. The predicted octanol–water partition coefficient (Wildman–Crippen LogP) is 1.21. The van der Waals surface area contributed by atoms with Crippen LogP contribution < -0.4 is 10.2 Å². The van der Waals surface area contributed by atoms with E-state index in [0.29, 0.717) is 19.6 Å². The Labute approximate surface area is 134 Å². The molecular weight excluding hydrogens is 296 g/mol. The van der Waals surface area contributed by atoms with Gasteiger partial charge in [-0.1, -0.05) is 36.0 Å². The van der Waals surface area contributed by atoms with Gasteiger partial charge in [-0.25, -0.2) is 0 Å². The Morgan fingerprint density at radius 2 is 1.59 bits per heavy atom. The molecule has 3 rings (SSSR count). The second kappa shape index (κ2) is 7.15. The molecule has 4 nitrogen and oxygen atoms in total. The molecule has 5 heteroatoms. The maximum atomic E-state index is 10.3. The molecule has 1 heterocycles. The lowest BCUT2D eigenvalue weighted by Crippen LogP contribution is -2.87. The Bertz CT molecular complexity index is 590. The van der Waals surface area contributed by atoms with Gasteiger partial charge in [0.2, 0.25) is 0 Å². The number of hydrogen-bond donors (Lipinski definition) is 3. The fourth-order valence-electron chi connectivity index (χ4n) is 2.66. The van der Waals surface area contributed by atoms with Crippen molar-refractivity contribution in [2.24, 2.45) is 0 Å². The molecule has 4 N–H and O–H groups in total. The zero-order chi connectivity index (χ0) is 15.4. The van der Waals surface area contributed by atoms with Crippen LogP contribution in [0, 0.1) is 0 Å². The molecule has 0 saturated carbocycles. The first-order valence-corrected chi connectivity index (χ1v) is 8.35. The number of aliphatic hydroxyl groups excluding tert-OH is 2. The second-order valence-corrected chi connectivity index (χ2v) is 6.42. The van der Waals surface area contributed by atoms with E-state index in [0.717, 1.165) is 11.4 Å². The second-order valence-electron chi connectivity index (χ2n) is 5.34. The predicted molar refractivity (Wildman–Crippen MR) is 88.8 cm³/mol. The van der Waals surface area contributed by atoms with Crippen LogP contribution in [0.15, 0.2) is 58.3 Å². The molecule has 1 atom stereocenters. The van der Waals surface area contributed by atoms with Crippen molar-refractivity contribution in [3.63, 3.8) is 0 Å². The first kappa shape index (κ1) is 15.4. The summed E-state index contributed by atoms with van der Waals surface area (Å²) in [4.78, 5) is 4.62. The summed E-state index contributed by atoms with van der Waals surface area (Å²) in [5, 5.41) is 21.1. The highest BCUT2D eigenvalue weighted by Crippen LogP contribution is 2.47. The van der Waals surface area contributed by atoms with Crippen LogP contribution >= 0.6 is 11.8 Å². The number of aliphatic hydroxyl groups is 2. The van der Waals surface area contributed by atoms with Crippen molar-refractivity contribution in [2.45, 2.75) is 15.9 Å². The lowest BCUT2D eigenvalue weighted by Gasteiger charge is -2.33. The molecule has 0 radical (unpaired) electrons. The summed E-state index contributed by atoms with van der Waals surface area (Å²) < 4.78 is 0. The third kappa shape index (κ3) is 3.28. The molecule has 0 amide bonds. The van der Waals surface area contributed by atoms with Crippen LogP contribution in [0.1, 0.15) is 0 Å². The van der Waals surface area contributed by atoms with Gasteiger partial charge in [0.05, 0.1) is 31.1 Å². The molecule has 22 heavy (non-hydrogen) atoms. The molecule has 116 valence electrons. The van der Waals surface area contributed by atoms with Crippen molar-refractivity contribution in [2.75, 3.05) is 31.1 Å². The van der Waals surface area contributed by atoms with Crippen molar-refractivity contribution in [3.8, 4) is 0 Å². The minimum absolute atomic E-state index is 0.138. The summed E-state index contributed by atoms with van der Waals surface area (Å²) in [5.41, 5.74) is 2.29. The number of nitrogens with zero attached hydrogens (tertiary/aromatic N) is 1. The van der Waals surface area contributed by atoms with E-state index >= 15 is 0 Å². The molecule has 2 aromatic rings. The highest BCUT2D eigenvalue weighted by atomic mass is 32.2. The minimum atomic E-state index is -0.448. The summed E-state index contributed by atoms with van der Waals surface area (Å²) in [7, 11) is 0. The number of β-amino-alcohol motifs (C(OH)–C–C–N with tert-alkyl or cyclic N) is 1. The largest absolute Gasteiger partial charge is 0.391 e. The van der Waals surface area contributed by atoms with E-state index in [-0.39, 0.29) is 6.61 Å². The van der Waals surface area contributed by atoms with Gasteiger partial charge in [-0.15, -0.1) is 0 Å². The molecule has 0 aliphatic carbocycles. The first-order valence-electron chi connectivity index (χ1n) is 7.53. The van der Waals surface area contributed by atoms with Crippen molar-refractivity contribution >= 4 is 23.1 Å². The Hall–Kier alpha value is -1.53. The topological polar surface area (TPSA) is 60.3 Å². The van der Waals surface area contributed by atoms with Crippen LogP contribution in [-0.2, 0) is 0 Å². The van der Waals surface area contributed by atoms with Crippen LogP contribution in [0.4, 0.5) is 11.4 Å². The van der Waals surface area contributed by atoms with Gasteiger partial charge in [0, 0.05) is 9.79 Å². The fourth-order valence-corrected chi connectivity index (χ4v) is 3.76. The van der Waals surface area contributed by atoms with Gasteiger partial charge in [0.25, 0.3) is 0 Å². The third-order valence-electron chi connectivity index (χ3n) is 3.70. The number of quaternary nitrogens is 1. The van der Waals surface area contributed by atoms with E-state index in [1.807, 2.05) is 29.6 Å². The van der Waals surface area contributed by atoms with Crippen molar-refractivity contribution in [3.05, 3.63) is 48.5 Å². The molecule has 0 spiro atoms. The zero-order valence-electron chi connectivity index (χ0n) is 12.4. The third-order valence-corrected chi connectivity index (χ3v) is 4.83. The highest BCUT2D eigenvalue weighted by molar-refractivity contribution is 7.99. The monoisotopic (exact) mass is 317 g/mol. The molecule has 2 aromatic carbocycles. The molecule has 0 fully saturated rings. The van der Waals surface area contributed by atoms with Gasteiger partial charge in [-0.05, 0) is 24.3 Å². The number of para-hydroxylation sites is 2.